The van der Waals surface area contributed by atoms with Gasteiger partial charge in [0.2, 0.25) is 0 Å². The van der Waals surface area contributed by atoms with Gasteiger partial charge in [-0.05, 0) is 0 Å². The van der Waals surface area contributed by atoms with Gasteiger partial charge in [0, 0.05) is 11.5 Å². The molecule has 0 saturated heterocycles. The summed E-state index contributed by atoms with van der Waals surface area (Å²) in [6.07, 6.45) is 3.27. The smallest absolute Gasteiger partial charge is 0.258 e. The summed E-state index contributed by atoms with van der Waals surface area (Å²) in [7, 11) is 0. The van der Waals surface area contributed by atoms with E-state index in [4.69, 9.17) is 0 Å². The van der Waals surface area contributed by atoms with E-state index in [1.807, 2.05) is 0 Å². The zero-order valence-corrected chi connectivity index (χ0v) is 7.96. The first-order valence-electron chi connectivity index (χ1n) is 4.44. The molecule has 0 N–H and O–H groups in total. The summed E-state index contributed by atoms with van der Waals surface area (Å²) in [6.45, 7) is 4.05. The summed E-state index contributed by atoms with van der Waals surface area (Å²) in [5, 5.41) is 15.6. The molecule has 1 heterocycles. The van der Waals surface area contributed by atoms with Gasteiger partial charge in [0.1, 0.15) is 5.52 Å². The third-order valence-corrected chi connectivity index (χ3v) is 2.14. The van der Waals surface area contributed by atoms with Crippen LogP contribution in [0, 0.1) is 10.1 Å². The number of benzene rings is 1. The van der Waals surface area contributed by atoms with Crippen molar-refractivity contribution < 1.29 is 4.92 Å². The second-order valence-electron chi connectivity index (χ2n) is 3.09. The van der Waals surface area contributed by atoms with Crippen LogP contribution in [0.2, 0.25) is 0 Å². The highest BCUT2D eigenvalue weighted by atomic mass is 16.6. The number of non-ortho nitro benzene ring substituents is 1. The highest BCUT2D eigenvalue weighted by molar-refractivity contribution is 5.87. The van der Waals surface area contributed by atoms with Gasteiger partial charge >= 0.3 is 0 Å². The van der Waals surface area contributed by atoms with Crippen LogP contribution in [-0.4, -0.2) is 14.7 Å². The van der Waals surface area contributed by atoms with Crippen molar-refractivity contribution in [3.8, 4) is 0 Å². The minimum absolute atomic E-state index is 0.0758. The maximum atomic E-state index is 10.8. The summed E-state index contributed by atoms with van der Waals surface area (Å²) < 4.78 is 1.57. The minimum Gasteiger partial charge on any atom is -0.258 e. The van der Waals surface area contributed by atoms with Gasteiger partial charge in [-0.15, -0.1) is 6.58 Å². The molecule has 15 heavy (non-hydrogen) atoms. The maximum Gasteiger partial charge on any atom is 0.295 e. The van der Waals surface area contributed by atoms with Crippen LogP contribution in [0.5, 0.6) is 0 Å². The van der Waals surface area contributed by atoms with Crippen LogP contribution in [-0.2, 0) is 6.54 Å². The van der Waals surface area contributed by atoms with Crippen molar-refractivity contribution in [1.82, 2.24) is 9.78 Å². The molecule has 2 aromatic rings. The number of nitrogens with zero attached hydrogens (tertiary/aromatic N) is 3. The van der Waals surface area contributed by atoms with E-state index < -0.39 is 4.92 Å². The zero-order chi connectivity index (χ0) is 10.8. The van der Waals surface area contributed by atoms with E-state index >= 15 is 0 Å². The Bertz CT molecular complexity index is 530. The summed E-state index contributed by atoms with van der Waals surface area (Å²) in [5.74, 6) is 0. The number of aromatic nitrogens is 2. The molecule has 0 atom stereocenters. The Kier molecular flexibility index (Phi) is 2.21. The normalized spacial score (nSPS) is 10.4. The molecule has 0 saturated carbocycles. The molecule has 0 unspecified atom stereocenters. The highest BCUT2D eigenvalue weighted by Gasteiger charge is 2.15. The molecule has 0 fully saturated rings. The van der Waals surface area contributed by atoms with Crippen molar-refractivity contribution in [1.29, 1.82) is 0 Å². The third-order valence-electron chi connectivity index (χ3n) is 2.14. The van der Waals surface area contributed by atoms with E-state index in [1.165, 1.54) is 6.07 Å². The second-order valence-corrected chi connectivity index (χ2v) is 3.09. The Hall–Kier alpha value is -2.17. The predicted octanol–water partition coefficient (Wildman–Crippen LogP) is 2.13. The zero-order valence-electron chi connectivity index (χ0n) is 7.96. The van der Waals surface area contributed by atoms with E-state index in [1.54, 1.807) is 29.1 Å². The lowest BCUT2D eigenvalue weighted by Gasteiger charge is -1.99. The fraction of sp³-hybridized carbons (Fsp3) is 0.100. The summed E-state index contributed by atoms with van der Waals surface area (Å²) >= 11 is 0. The second kappa shape index (κ2) is 3.53. The Morgan fingerprint density at radius 3 is 3.07 bits per heavy atom. The monoisotopic (exact) mass is 203 g/mol. The molecule has 0 aliphatic rings. The minimum atomic E-state index is -0.399. The van der Waals surface area contributed by atoms with Crippen molar-refractivity contribution in [3.63, 3.8) is 0 Å². The van der Waals surface area contributed by atoms with Gasteiger partial charge in [0.25, 0.3) is 5.69 Å². The molecule has 5 heteroatoms. The molecule has 1 aromatic carbocycles. The van der Waals surface area contributed by atoms with E-state index in [2.05, 4.69) is 11.7 Å². The van der Waals surface area contributed by atoms with Crippen LogP contribution >= 0.6 is 0 Å². The molecular weight excluding hydrogens is 194 g/mol. The number of para-hydroxylation sites is 1. The molecule has 1 aromatic heterocycles. The topological polar surface area (TPSA) is 61.0 Å². The van der Waals surface area contributed by atoms with Gasteiger partial charge in [0.15, 0.2) is 0 Å². The molecule has 0 radical (unpaired) electrons. The number of hydrogen-bond acceptors (Lipinski definition) is 3. The number of hydrogen-bond donors (Lipinski definition) is 0. The Morgan fingerprint density at radius 1 is 1.60 bits per heavy atom. The molecule has 5 nitrogen and oxygen atoms in total. The van der Waals surface area contributed by atoms with E-state index in [-0.39, 0.29) is 5.69 Å². The van der Waals surface area contributed by atoms with E-state index in [0.717, 1.165) is 5.39 Å². The lowest BCUT2D eigenvalue weighted by atomic mass is 10.2. The van der Waals surface area contributed by atoms with Crippen LogP contribution in [0.3, 0.4) is 0 Å². The molecule has 0 aliphatic carbocycles. The molecule has 0 aliphatic heterocycles. The van der Waals surface area contributed by atoms with Crippen molar-refractivity contribution in [2.75, 3.05) is 0 Å². The molecule has 0 bridgehead atoms. The molecule has 76 valence electrons. The molecule has 2 rings (SSSR count). The lowest BCUT2D eigenvalue weighted by molar-refractivity contribution is -0.383. The average Bonchev–Trinajstić information content (AvgIpc) is 2.62. The van der Waals surface area contributed by atoms with Gasteiger partial charge in [-0.1, -0.05) is 18.2 Å². The van der Waals surface area contributed by atoms with Crippen molar-refractivity contribution >= 4 is 16.6 Å². The van der Waals surface area contributed by atoms with Crippen LogP contribution in [0.4, 0.5) is 5.69 Å². The van der Waals surface area contributed by atoms with Gasteiger partial charge in [-0.3, -0.25) is 14.8 Å². The fourth-order valence-corrected chi connectivity index (χ4v) is 1.53. The number of fused-ring (bicyclic) bond motifs is 1. The van der Waals surface area contributed by atoms with E-state index in [9.17, 15) is 10.1 Å². The SMILES string of the molecule is C=CCn1ncc2cccc([N+](=O)[O-])c21. The summed E-state index contributed by atoms with van der Waals surface area (Å²) in [4.78, 5) is 10.4. The number of allylic oxidation sites excluding steroid dienone is 1. The lowest BCUT2D eigenvalue weighted by Crippen LogP contribution is -1.99. The Labute approximate surface area is 85.8 Å². The van der Waals surface area contributed by atoms with Crippen LogP contribution in [0.15, 0.2) is 37.1 Å². The first-order chi connectivity index (χ1) is 7.24. The van der Waals surface area contributed by atoms with E-state index in [0.29, 0.717) is 12.1 Å². The Morgan fingerprint density at radius 2 is 2.40 bits per heavy atom. The molecule has 0 amide bonds. The highest BCUT2D eigenvalue weighted by Crippen LogP contribution is 2.24. The van der Waals surface area contributed by atoms with Crippen molar-refractivity contribution in [2.24, 2.45) is 0 Å². The fourth-order valence-electron chi connectivity index (χ4n) is 1.53. The van der Waals surface area contributed by atoms with Crippen LogP contribution in [0.25, 0.3) is 10.9 Å². The summed E-state index contributed by atoms with van der Waals surface area (Å²) in [5.41, 5.74) is 0.620. The molecule has 0 spiro atoms. The summed E-state index contributed by atoms with van der Waals surface area (Å²) in [6, 6.07) is 4.93. The predicted molar refractivity (Wildman–Crippen MR) is 56.6 cm³/mol. The van der Waals surface area contributed by atoms with Gasteiger partial charge in [0.05, 0.1) is 17.7 Å². The number of rotatable bonds is 3. The van der Waals surface area contributed by atoms with Gasteiger partial charge in [-0.2, -0.15) is 5.10 Å². The largest absolute Gasteiger partial charge is 0.295 e. The third kappa shape index (κ3) is 1.48. The average molecular weight is 203 g/mol. The number of nitro groups is 1. The van der Waals surface area contributed by atoms with Gasteiger partial charge in [-0.25, -0.2) is 0 Å². The first-order valence-corrected chi connectivity index (χ1v) is 4.44. The number of nitro benzene ring substituents is 1. The van der Waals surface area contributed by atoms with Crippen LogP contribution in [0.1, 0.15) is 0 Å². The van der Waals surface area contributed by atoms with Crippen LogP contribution < -0.4 is 0 Å². The maximum absolute atomic E-state index is 10.8. The van der Waals surface area contributed by atoms with Crippen molar-refractivity contribution in [2.45, 2.75) is 6.54 Å². The Balaban J connectivity index is 2.74. The molecular formula is C10H9N3O2. The quantitative estimate of drug-likeness (QED) is 0.436. The van der Waals surface area contributed by atoms with Gasteiger partial charge < -0.3 is 0 Å². The van der Waals surface area contributed by atoms with Crippen molar-refractivity contribution in [3.05, 3.63) is 47.2 Å². The first kappa shape index (κ1) is 9.39. The standard InChI is InChI=1S/C10H9N3O2/c1-2-6-12-10-8(7-11-12)4-3-5-9(10)13(14)15/h2-5,7H,1,6H2.